The van der Waals surface area contributed by atoms with Crippen molar-refractivity contribution in [1.29, 1.82) is 0 Å². The monoisotopic (exact) mass is 395 g/mol. The molecule has 0 spiro atoms. The Morgan fingerprint density at radius 1 is 1.25 bits per heavy atom. The third-order valence-electron chi connectivity index (χ3n) is 4.64. The van der Waals surface area contributed by atoms with Gasteiger partial charge in [0.15, 0.2) is 5.69 Å². The zero-order chi connectivity index (χ0) is 20.7. The molecule has 1 aromatic carbocycles. The lowest BCUT2D eigenvalue weighted by atomic mass is 10.0. The van der Waals surface area contributed by atoms with Gasteiger partial charge in [0.05, 0.1) is 30.0 Å². The van der Waals surface area contributed by atoms with Crippen LogP contribution in [0.3, 0.4) is 0 Å². The van der Waals surface area contributed by atoms with Crippen molar-refractivity contribution < 1.29 is 22.7 Å². The third-order valence-corrected chi connectivity index (χ3v) is 4.64. The number of hydrogen-bond acceptors (Lipinski definition) is 4. The minimum Gasteiger partial charge on any atom is -0.377 e. The molecule has 1 amide bonds. The molecule has 1 fully saturated rings. The SMILES string of the molecule is Cc1cc(=O)c(C(=O)N2CCOCC2(C)C)nn1-c1ccccc1C(F)(F)F. The van der Waals surface area contributed by atoms with Crippen LogP contribution >= 0.6 is 0 Å². The lowest BCUT2D eigenvalue weighted by Gasteiger charge is -2.41. The summed E-state index contributed by atoms with van der Waals surface area (Å²) < 4.78 is 46.6. The lowest BCUT2D eigenvalue weighted by Crippen LogP contribution is -2.56. The number of carbonyl (C=O) groups excluding carboxylic acids is 1. The Morgan fingerprint density at radius 3 is 2.57 bits per heavy atom. The van der Waals surface area contributed by atoms with E-state index in [1.807, 2.05) is 0 Å². The molecule has 28 heavy (non-hydrogen) atoms. The molecule has 3 rings (SSSR count). The van der Waals surface area contributed by atoms with Gasteiger partial charge in [0.2, 0.25) is 5.43 Å². The van der Waals surface area contributed by atoms with Crippen molar-refractivity contribution in [3.63, 3.8) is 0 Å². The summed E-state index contributed by atoms with van der Waals surface area (Å²) in [5.41, 5.74) is -2.67. The van der Waals surface area contributed by atoms with E-state index < -0.39 is 34.3 Å². The first-order valence-corrected chi connectivity index (χ1v) is 8.70. The lowest BCUT2D eigenvalue weighted by molar-refractivity contribution is -0.137. The summed E-state index contributed by atoms with van der Waals surface area (Å²) >= 11 is 0. The molecule has 2 heterocycles. The Kier molecular flexibility index (Phi) is 5.05. The summed E-state index contributed by atoms with van der Waals surface area (Å²) in [5.74, 6) is -0.628. The zero-order valence-corrected chi connectivity index (χ0v) is 15.7. The number of aromatic nitrogens is 2. The van der Waals surface area contributed by atoms with Gasteiger partial charge in [0.25, 0.3) is 5.91 Å². The average molecular weight is 395 g/mol. The summed E-state index contributed by atoms with van der Waals surface area (Å²) in [6.45, 7) is 5.90. The van der Waals surface area contributed by atoms with E-state index in [9.17, 15) is 22.8 Å². The van der Waals surface area contributed by atoms with Gasteiger partial charge in [-0.2, -0.15) is 18.3 Å². The van der Waals surface area contributed by atoms with E-state index in [2.05, 4.69) is 5.10 Å². The molecule has 2 aromatic rings. The number of halogens is 3. The fourth-order valence-corrected chi connectivity index (χ4v) is 3.20. The standard InChI is InChI=1S/C19H20F3N3O3/c1-12-10-15(26)16(17(27)24-8-9-28-11-18(24,2)3)23-25(12)14-7-5-4-6-13(14)19(20,21)22/h4-7,10H,8-9,11H2,1-3H3. The minimum absolute atomic E-state index is 0.194. The van der Waals surface area contributed by atoms with Gasteiger partial charge in [0.1, 0.15) is 0 Å². The van der Waals surface area contributed by atoms with Crippen molar-refractivity contribution in [3.05, 3.63) is 57.5 Å². The van der Waals surface area contributed by atoms with Crippen molar-refractivity contribution in [2.24, 2.45) is 0 Å². The highest BCUT2D eigenvalue weighted by atomic mass is 19.4. The number of alkyl halides is 3. The van der Waals surface area contributed by atoms with Crippen LogP contribution in [0.5, 0.6) is 0 Å². The highest BCUT2D eigenvalue weighted by molar-refractivity contribution is 5.92. The molecule has 1 aliphatic heterocycles. The molecule has 1 aliphatic rings. The van der Waals surface area contributed by atoms with Crippen molar-refractivity contribution in [2.75, 3.05) is 19.8 Å². The normalized spacial score (nSPS) is 16.9. The number of rotatable bonds is 2. The molecular formula is C19H20F3N3O3. The van der Waals surface area contributed by atoms with Crippen LogP contribution in [0.1, 0.15) is 35.6 Å². The van der Waals surface area contributed by atoms with Crippen LogP contribution in [0.2, 0.25) is 0 Å². The van der Waals surface area contributed by atoms with Gasteiger partial charge in [-0.3, -0.25) is 9.59 Å². The molecule has 0 aliphatic carbocycles. The molecule has 0 atom stereocenters. The first-order chi connectivity index (χ1) is 13.0. The predicted molar refractivity (Wildman–Crippen MR) is 95.5 cm³/mol. The van der Waals surface area contributed by atoms with Crippen LogP contribution in [0.4, 0.5) is 13.2 Å². The number of hydrogen-bond donors (Lipinski definition) is 0. The molecule has 150 valence electrons. The first kappa shape index (κ1) is 20.1. The summed E-state index contributed by atoms with van der Waals surface area (Å²) in [5, 5.41) is 4.03. The average Bonchev–Trinajstić information content (AvgIpc) is 2.60. The molecule has 9 heteroatoms. The van der Waals surface area contributed by atoms with Crippen molar-refractivity contribution >= 4 is 5.91 Å². The largest absolute Gasteiger partial charge is 0.418 e. The maximum absolute atomic E-state index is 13.4. The van der Waals surface area contributed by atoms with E-state index in [0.29, 0.717) is 6.61 Å². The minimum atomic E-state index is -4.61. The number of amides is 1. The number of ether oxygens (including phenoxy) is 1. The van der Waals surface area contributed by atoms with E-state index >= 15 is 0 Å². The Bertz CT molecular complexity index is 967. The number of morpholine rings is 1. The van der Waals surface area contributed by atoms with E-state index in [4.69, 9.17) is 4.74 Å². The molecule has 0 N–H and O–H groups in total. The Balaban J connectivity index is 2.13. The van der Waals surface area contributed by atoms with Gasteiger partial charge in [-0.15, -0.1) is 0 Å². The molecule has 6 nitrogen and oxygen atoms in total. The van der Waals surface area contributed by atoms with Crippen LogP contribution < -0.4 is 5.43 Å². The maximum atomic E-state index is 13.4. The molecular weight excluding hydrogens is 375 g/mol. The topological polar surface area (TPSA) is 64.4 Å². The van der Waals surface area contributed by atoms with Crippen LogP contribution in [-0.2, 0) is 10.9 Å². The van der Waals surface area contributed by atoms with Gasteiger partial charge in [-0.25, -0.2) is 4.68 Å². The van der Waals surface area contributed by atoms with Crippen LogP contribution in [0, 0.1) is 6.92 Å². The van der Waals surface area contributed by atoms with E-state index in [1.54, 1.807) is 13.8 Å². The number of nitrogens with zero attached hydrogens (tertiary/aromatic N) is 3. The summed E-state index contributed by atoms with van der Waals surface area (Å²) in [7, 11) is 0. The van der Waals surface area contributed by atoms with Crippen molar-refractivity contribution in [1.82, 2.24) is 14.7 Å². The van der Waals surface area contributed by atoms with Crippen LogP contribution in [-0.4, -0.2) is 45.9 Å². The van der Waals surface area contributed by atoms with E-state index in [0.717, 1.165) is 16.8 Å². The third kappa shape index (κ3) is 3.66. The molecule has 1 aromatic heterocycles. The van der Waals surface area contributed by atoms with Gasteiger partial charge in [-0.05, 0) is 32.9 Å². The highest BCUT2D eigenvalue weighted by Gasteiger charge is 2.37. The van der Waals surface area contributed by atoms with Crippen LogP contribution in [0.15, 0.2) is 35.1 Å². The second kappa shape index (κ2) is 7.05. The first-order valence-electron chi connectivity index (χ1n) is 8.70. The second-order valence-electron chi connectivity index (χ2n) is 7.25. The van der Waals surface area contributed by atoms with Gasteiger partial charge >= 0.3 is 6.18 Å². The van der Waals surface area contributed by atoms with Crippen molar-refractivity contribution in [2.45, 2.75) is 32.5 Å². The van der Waals surface area contributed by atoms with E-state index in [1.165, 1.54) is 30.0 Å². The van der Waals surface area contributed by atoms with Gasteiger partial charge < -0.3 is 9.64 Å². The van der Waals surface area contributed by atoms with Gasteiger partial charge in [-0.1, -0.05) is 12.1 Å². The maximum Gasteiger partial charge on any atom is 0.418 e. The zero-order valence-electron chi connectivity index (χ0n) is 15.7. The number of aryl methyl sites for hydroxylation is 1. The molecule has 0 radical (unpaired) electrons. The summed E-state index contributed by atoms with van der Waals surface area (Å²) in [4.78, 5) is 26.9. The van der Waals surface area contributed by atoms with Gasteiger partial charge in [0, 0.05) is 18.3 Å². The number of carbonyl (C=O) groups is 1. The van der Waals surface area contributed by atoms with E-state index in [-0.39, 0.29) is 24.5 Å². The quantitative estimate of drug-likeness (QED) is 0.785. The smallest absolute Gasteiger partial charge is 0.377 e. The summed E-state index contributed by atoms with van der Waals surface area (Å²) in [6.07, 6.45) is -4.61. The molecule has 0 saturated carbocycles. The van der Waals surface area contributed by atoms with Crippen molar-refractivity contribution in [3.8, 4) is 5.69 Å². The second-order valence-corrected chi connectivity index (χ2v) is 7.25. The molecule has 0 unspecified atom stereocenters. The fourth-order valence-electron chi connectivity index (χ4n) is 3.20. The Hall–Kier alpha value is -2.68. The Labute approximate surface area is 159 Å². The number of benzene rings is 1. The molecule has 0 bridgehead atoms. The Morgan fingerprint density at radius 2 is 1.93 bits per heavy atom. The van der Waals surface area contributed by atoms with Crippen LogP contribution in [0.25, 0.3) is 5.69 Å². The molecule has 1 saturated heterocycles. The highest BCUT2D eigenvalue weighted by Crippen LogP contribution is 2.33. The summed E-state index contributed by atoms with van der Waals surface area (Å²) in [6, 6.07) is 6.02. The number of para-hydroxylation sites is 1. The fraction of sp³-hybridized carbons (Fsp3) is 0.421. The predicted octanol–water partition coefficient (Wildman–Crippen LogP) is 2.81.